The highest BCUT2D eigenvalue weighted by Gasteiger charge is 2.21. The summed E-state index contributed by atoms with van der Waals surface area (Å²) >= 11 is 0. The number of hydrogen-bond acceptors (Lipinski definition) is 2. The van der Waals surface area contributed by atoms with Crippen LogP contribution in [0.4, 0.5) is 17.1 Å². The molecule has 1 aromatic heterocycles. The van der Waals surface area contributed by atoms with Gasteiger partial charge in [0.15, 0.2) is 0 Å². The van der Waals surface area contributed by atoms with Gasteiger partial charge in [0.1, 0.15) is 11.2 Å². The van der Waals surface area contributed by atoms with Crippen molar-refractivity contribution in [1.29, 1.82) is 0 Å². The summed E-state index contributed by atoms with van der Waals surface area (Å²) in [5, 5.41) is 4.67. The molecule has 0 unspecified atom stereocenters. The van der Waals surface area contributed by atoms with Crippen molar-refractivity contribution >= 4 is 49.8 Å². The molecule has 0 amide bonds. The number of anilines is 3. The van der Waals surface area contributed by atoms with Gasteiger partial charge in [-0.3, -0.25) is 0 Å². The maximum absolute atomic E-state index is 6.29. The van der Waals surface area contributed by atoms with Crippen LogP contribution in [-0.2, 0) is 0 Å². The van der Waals surface area contributed by atoms with Gasteiger partial charge in [-0.05, 0) is 58.5 Å². The predicted molar refractivity (Wildman–Crippen MR) is 177 cm³/mol. The average molecular weight is 538 g/mol. The molecule has 2 heteroatoms. The first kappa shape index (κ1) is 24.2. The Bertz CT molecular complexity index is 2200. The monoisotopic (exact) mass is 537 g/mol. The summed E-state index contributed by atoms with van der Waals surface area (Å²) in [7, 11) is 0. The van der Waals surface area contributed by atoms with Crippen molar-refractivity contribution in [3.8, 4) is 22.3 Å². The summed E-state index contributed by atoms with van der Waals surface area (Å²) in [6.07, 6.45) is 0. The van der Waals surface area contributed by atoms with Crippen molar-refractivity contribution in [3.05, 3.63) is 164 Å². The van der Waals surface area contributed by atoms with Gasteiger partial charge in [0.25, 0.3) is 0 Å². The van der Waals surface area contributed by atoms with Gasteiger partial charge >= 0.3 is 0 Å². The average Bonchev–Trinajstić information content (AvgIpc) is 3.45. The van der Waals surface area contributed by atoms with Crippen molar-refractivity contribution in [2.45, 2.75) is 0 Å². The molecular weight excluding hydrogens is 510 g/mol. The Kier molecular flexibility index (Phi) is 5.82. The maximum atomic E-state index is 6.29. The molecular formula is C40H27NO. The van der Waals surface area contributed by atoms with Crippen LogP contribution >= 0.6 is 0 Å². The quantitative estimate of drug-likeness (QED) is 0.217. The van der Waals surface area contributed by atoms with Gasteiger partial charge in [0.2, 0.25) is 0 Å². The van der Waals surface area contributed by atoms with Crippen LogP contribution in [0.5, 0.6) is 0 Å². The minimum absolute atomic E-state index is 0.895. The lowest BCUT2D eigenvalue weighted by Crippen LogP contribution is -2.12. The Morgan fingerprint density at radius 3 is 1.95 bits per heavy atom. The Labute approximate surface area is 244 Å². The van der Waals surface area contributed by atoms with Gasteiger partial charge < -0.3 is 9.32 Å². The SMILES string of the molecule is c1ccc(-c2cccc(N(c3ccccc3-c3cccc4oc5ccccc5c34)c3cccc4ccccc34)c2)cc1. The van der Waals surface area contributed by atoms with E-state index in [-0.39, 0.29) is 0 Å². The summed E-state index contributed by atoms with van der Waals surface area (Å²) in [5.74, 6) is 0. The topological polar surface area (TPSA) is 16.4 Å². The zero-order valence-electron chi connectivity index (χ0n) is 22.9. The number of hydrogen-bond donors (Lipinski definition) is 0. The van der Waals surface area contributed by atoms with Crippen LogP contribution in [0.15, 0.2) is 168 Å². The number of fused-ring (bicyclic) bond motifs is 4. The molecule has 8 aromatic rings. The molecule has 198 valence electrons. The van der Waals surface area contributed by atoms with E-state index >= 15 is 0 Å². The molecule has 0 radical (unpaired) electrons. The molecule has 0 aliphatic heterocycles. The highest BCUT2D eigenvalue weighted by molar-refractivity contribution is 6.14. The molecule has 42 heavy (non-hydrogen) atoms. The van der Waals surface area contributed by atoms with E-state index < -0.39 is 0 Å². The zero-order valence-corrected chi connectivity index (χ0v) is 22.9. The van der Waals surface area contributed by atoms with Crippen molar-refractivity contribution in [2.24, 2.45) is 0 Å². The number of nitrogens with zero attached hydrogens (tertiary/aromatic N) is 1. The molecule has 0 atom stereocenters. The molecule has 0 fully saturated rings. The number of benzene rings is 7. The largest absolute Gasteiger partial charge is 0.456 e. The Morgan fingerprint density at radius 1 is 0.405 bits per heavy atom. The first-order chi connectivity index (χ1) is 20.8. The van der Waals surface area contributed by atoms with Gasteiger partial charge in [-0.2, -0.15) is 0 Å². The molecule has 0 spiro atoms. The lowest BCUT2D eigenvalue weighted by molar-refractivity contribution is 0.669. The number of furan rings is 1. The molecule has 1 heterocycles. The Balaban J connectivity index is 1.42. The minimum Gasteiger partial charge on any atom is -0.456 e. The summed E-state index contributed by atoms with van der Waals surface area (Å²) in [6.45, 7) is 0. The maximum Gasteiger partial charge on any atom is 0.136 e. The van der Waals surface area contributed by atoms with Crippen LogP contribution in [0.25, 0.3) is 55.0 Å². The van der Waals surface area contributed by atoms with E-state index in [1.807, 2.05) is 12.1 Å². The fourth-order valence-corrected chi connectivity index (χ4v) is 6.16. The molecule has 7 aromatic carbocycles. The number of para-hydroxylation sites is 2. The molecule has 0 bridgehead atoms. The first-order valence-corrected chi connectivity index (χ1v) is 14.3. The van der Waals surface area contributed by atoms with Crippen molar-refractivity contribution in [3.63, 3.8) is 0 Å². The van der Waals surface area contributed by atoms with Crippen LogP contribution < -0.4 is 4.90 Å². The standard InChI is InChI=1S/C40H27NO/c1-2-13-28(14-3-1)30-17-10-18-31(27-30)41(36-24-11-16-29-15-4-5-19-32(29)36)37-23-8-6-20-33(37)34-22-12-26-39-40(34)35-21-7-9-25-38(35)42-39/h1-27H. The first-order valence-electron chi connectivity index (χ1n) is 14.3. The third-order valence-corrected chi connectivity index (χ3v) is 8.06. The minimum atomic E-state index is 0.895. The summed E-state index contributed by atoms with van der Waals surface area (Å²) < 4.78 is 6.29. The van der Waals surface area contributed by atoms with Gasteiger partial charge in [-0.1, -0.05) is 127 Å². The van der Waals surface area contributed by atoms with Crippen LogP contribution in [-0.4, -0.2) is 0 Å². The second-order valence-corrected chi connectivity index (χ2v) is 10.5. The smallest absolute Gasteiger partial charge is 0.136 e. The second kappa shape index (κ2) is 10.1. The summed E-state index contributed by atoms with van der Waals surface area (Å²) in [5.41, 5.74) is 9.81. The lowest BCUT2D eigenvalue weighted by atomic mass is 9.96. The van der Waals surface area contributed by atoms with E-state index in [1.165, 1.54) is 21.9 Å². The summed E-state index contributed by atoms with van der Waals surface area (Å²) in [4.78, 5) is 2.41. The van der Waals surface area contributed by atoms with E-state index in [0.29, 0.717) is 0 Å². The lowest BCUT2D eigenvalue weighted by Gasteiger charge is -2.29. The van der Waals surface area contributed by atoms with Gasteiger partial charge in [-0.25, -0.2) is 0 Å². The van der Waals surface area contributed by atoms with Crippen molar-refractivity contribution in [1.82, 2.24) is 0 Å². The van der Waals surface area contributed by atoms with Gasteiger partial charge in [0, 0.05) is 27.4 Å². The number of rotatable bonds is 5. The third kappa shape index (κ3) is 4.05. The highest BCUT2D eigenvalue weighted by Crippen LogP contribution is 2.46. The second-order valence-electron chi connectivity index (χ2n) is 10.5. The molecule has 0 aliphatic rings. The molecule has 2 nitrogen and oxygen atoms in total. The van der Waals surface area contributed by atoms with Crippen molar-refractivity contribution < 1.29 is 4.42 Å². The van der Waals surface area contributed by atoms with Crippen molar-refractivity contribution in [2.75, 3.05) is 4.90 Å². The fourth-order valence-electron chi connectivity index (χ4n) is 6.16. The van der Waals surface area contributed by atoms with E-state index in [9.17, 15) is 0 Å². The van der Waals surface area contributed by atoms with Crippen LogP contribution in [0.3, 0.4) is 0 Å². The fraction of sp³-hybridized carbons (Fsp3) is 0. The van der Waals surface area contributed by atoms with Crippen LogP contribution in [0.2, 0.25) is 0 Å². The molecule has 0 N–H and O–H groups in total. The van der Waals surface area contributed by atoms with E-state index in [4.69, 9.17) is 4.42 Å². The Hall–Kier alpha value is -5.60. The van der Waals surface area contributed by atoms with Gasteiger partial charge in [-0.15, -0.1) is 0 Å². The predicted octanol–water partition coefficient (Wildman–Crippen LogP) is 11.5. The van der Waals surface area contributed by atoms with E-state index in [1.54, 1.807) is 0 Å². The van der Waals surface area contributed by atoms with Crippen LogP contribution in [0, 0.1) is 0 Å². The molecule has 8 rings (SSSR count). The molecule has 0 saturated carbocycles. The third-order valence-electron chi connectivity index (χ3n) is 8.06. The van der Waals surface area contributed by atoms with Gasteiger partial charge in [0.05, 0.1) is 11.4 Å². The Morgan fingerprint density at radius 2 is 1.02 bits per heavy atom. The van der Waals surface area contributed by atoms with Crippen LogP contribution in [0.1, 0.15) is 0 Å². The zero-order chi connectivity index (χ0) is 27.9. The molecule has 0 aliphatic carbocycles. The molecule has 0 saturated heterocycles. The van der Waals surface area contributed by atoms with E-state index in [2.05, 4.69) is 157 Å². The van der Waals surface area contributed by atoms with E-state index in [0.717, 1.165) is 50.1 Å². The summed E-state index contributed by atoms with van der Waals surface area (Å²) in [6, 6.07) is 58.0. The highest BCUT2D eigenvalue weighted by atomic mass is 16.3. The normalized spacial score (nSPS) is 11.3.